The molecule has 150 valence electrons. The van der Waals surface area contributed by atoms with E-state index in [1.165, 1.54) is 29.4 Å². The van der Waals surface area contributed by atoms with Gasteiger partial charge in [-0.2, -0.15) is 5.26 Å². The van der Waals surface area contributed by atoms with Crippen LogP contribution in [0.4, 0.5) is 0 Å². The van der Waals surface area contributed by atoms with E-state index < -0.39 is 0 Å². The molecular formula is C24H28N4O. The van der Waals surface area contributed by atoms with Gasteiger partial charge >= 0.3 is 0 Å². The van der Waals surface area contributed by atoms with Gasteiger partial charge in [0, 0.05) is 36.3 Å². The summed E-state index contributed by atoms with van der Waals surface area (Å²) in [4.78, 5) is 23.5. The lowest BCUT2D eigenvalue weighted by molar-refractivity contribution is -0.153. The second kappa shape index (κ2) is 6.08. The number of nitrogens with zero attached hydrogens (tertiary/aromatic N) is 3. The van der Waals surface area contributed by atoms with E-state index in [2.05, 4.69) is 40.1 Å². The molecule has 3 aliphatic carbocycles. The molecule has 1 amide bonds. The van der Waals surface area contributed by atoms with Crippen molar-refractivity contribution in [2.45, 2.75) is 82.2 Å². The summed E-state index contributed by atoms with van der Waals surface area (Å²) in [6.07, 6.45) is 12.1. The molecule has 0 spiro atoms. The van der Waals surface area contributed by atoms with Gasteiger partial charge < -0.3 is 9.88 Å². The van der Waals surface area contributed by atoms with Crippen molar-refractivity contribution in [1.29, 1.82) is 5.26 Å². The Morgan fingerprint density at radius 1 is 1.34 bits per heavy atom. The monoisotopic (exact) mass is 388 g/mol. The van der Waals surface area contributed by atoms with Gasteiger partial charge in [0.05, 0.1) is 11.5 Å². The number of aromatic amines is 1. The van der Waals surface area contributed by atoms with Gasteiger partial charge in [-0.1, -0.05) is 6.92 Å². The molecule has 29 heavy (non-hydrogen) atoms. The molecule has 4 heterocycles. The highest BCUT2D eigenvalue weighted by molar-refractivity contribution is 5.86. The Balaban J connectivity index is 1.25. The van der Waals surface area contributed by atoms with E-state index in [0.717, 1.165) is 37.8 Å². The fourth-order valence-electron chi connectivity index (χ4n) is 6.88. The van der Waals surface area contributed by atoms with Crippen LogP contribution in [0.15, 0.2) is 18.5 Å². The molecule has 0 aromatic carbocycles. The lowest BCUT2D eigenvalue weighted by atomic mass is 9.56. The lowest BCUT2D eigenvalue weighted by Crippen LogP contribution is -2.63. The molecule has 2 saturated heterocycles. The van der Waals surface area contributed by atoms with E-state index in [9.17, 15) is 10.1 Å². The van der Waals surface area contributed by atoms with E-state index in [-0.39, 0.29) is 29.3 Å². The number of carbonyl (C=O) groups is 1. The first-order chi connectivity index (χ1) is 14.1. The highest BCUT2D eigenvalue weighted by Gasteiger charge is 2.56. The smallest absolute Gasteiger partial charge is 0.223 e. The van der Waals surface area contributed by atoms with Crippen molar-refractivity contribution < 1.29 is 4.79 Å². The molecule has 0 radical (unpaired) electrons. The van der Waals surface area contributed by atoms with E-state index in [1.807, 2.05) is 6.20 Å². The van der Waals surface area contributed by atoms with Crippen LogP contribution >= 0.6 is 0 Å². The predicted molar refractivity (Wildman–Crippen MR) is 110 cm³/mol. The van der Waals surface area contributed by atoms with E-state index in [4.69, 9.17) is 0 Å². The molecule has 2 aliphatic heterocycles. The largest absolute Gasteiger partial charge is 0.346 e. The third-order valence-corrected chi connectivity index (χ3v) is 8.12. The number of nitriles is 1. The number of H-pyrrole nitrogens is 1. The van der Waals surface area contributed by atoms with Crippen molar-refractivity contribution in [2.24, 2.45) is 11.3 Å². The molecule has 5 fully saturated rings. The average Bonchev–Trinajstić information content (AvgIpc) is 3.45. The topological polar surface area (TPSA) is 72.8 Å². The third-order valence-electron chi connectivity index (χ3n) is 8.12. The third kappa shape index (κ3) is 2.64. The molecule has 3 unspecified atom stereocenters. The van der Waals surface area contributed by atoms with Gasteiger partial charge in [0.15, 0.2) is 0 Å². The Morgan fingerprint density at radius 2 is 2.10 bits per heavy atom. The number of fused-ring (bicyclic) bond motifs is 1. The lowest BCUT2D eigenvalue weighted by Gasteiger charge is -2.59. The van der Waals surface area contributed by atoms with Gasteiger partial charge in [0.2, 0.25) is 5.91 Å². The molecular weight excluding hydrogens is 360 g/mol. The van der Waals surface area contributed by atoms with Crippen LogP contribution in [-0.4, -0.2) is 32.9 Å². The van der Waals surface area contributed by atoms with Crippen molar-refractivity contribution in [3.8, 4) is 6.07 Å². The van der Waals surface area contributed by atoms with Gasteiger partial charge in [0.1, 0.15) is 5.65 Å². The molecule has 2 aromatic heterocycles. The summed E-state index contributed by atoms with van der Waals surface area (Å²) in [7, 11) is 0. The van der Waals surface area contributed by atoms with Crippen LogP contribution in [0, 0.1) is 22.7 Å². The van der Waals surface area contributed by atoms with Crippen molar-refractivity contribution >= 4 is 16.9 Å². The van der Waals surface area contributed by atoms with Crippen LogP contribution in [-0.2, 0) is 4.79 Å². The normalized spacial score (nSPS) is 33.8. The minimum Gasteiger partial charge on any atom is -0.346 e. The van der Waals surface area contributed by atoms with Gasteiger partial charge in [-0.15, -0.1) is 0 Å². The van der Waals surface area contributed by atoms with Crippen LogP contribution in [0.5, 0.6) is 0 Å². The molecule has 2 aromatic rings. The number of nitrogens with one attached hydrogen (secondary N) is 1. The molecule has 5 aliphatic rings. The average molecular weight is 389 g/mol. The number of piperidine rings is 2. The summed E-state index contributed by atoms with van der Waals surface area (Å²) in [5.74, 6) is 1.76. The molecule has 3 saturated carbocycles. The summed E-state index contributed by atoms with van der Waals surface area (Å²) in [5, 5.41) is 11.0. The number of hydrogen-bond acceptors (Lipinski definition) is 3. The second-order valence-electron chi connectivity index (χ2n) is 10.2. The van der Waals surface area contributed by atoms with Gasteiger partial charge in [0.25, 0.3) is 0 Å². The number of carbonyl (C=O) groups excluding carboxylic acids is 1. The summed E-state index contributed by atoms with van der Waals surface area (Å²) >= 11 is 0. The maximum atomic E-state index is 13.4. The number of amides is 1. The van der Waals surface area contributed by atoms with E-state index >= 15 is 0 Å². The van der Waals surface area contributed by atoms with Gasteiger partial charge in [-0.05, 0) is 79.9 Å². The molecule has 7 rings (SSSR count). The molecule has 1 N–H and O–H groups in total. The Hall–Kier alpha value is -2.35. The zero-order valence-corrected chi connectivity index (χ0v) is 17.0. The van der Waals surface area contributed by atoms with E-state index in [0.29, 0.717) is 18.3 Å². The minimum absolute atomic E-state index is 0.152. The van der Waals surface area contributed by atoms with Crippen LogP contribution in [0.1, 0.15) is 81.3 Å². The van der Waals surface area contributed by atoms with Crippen molar-refractivity contribution in [3.05, 3.63) is 29.6 Å². The molecule has 5 heteroatoms. The Kier molecular flexibility index (Phi) is 3.67. The number of aromatic nitrogens is 2. The fourth-order valence-corrected chi connectivity index (χ4v) is 6.88. The van der Waals surface area contributed by atoms with Gasteiger partial charge in [-0.3, -0.25) is 4.79 Å². The fraction of sp³-hybridized carbons (Fsp3) is 0.625. The highest BCUT2D eigenvalue weighted by Crippen LogP contribution is 2.56. The summed E-state index contributed by atoms with van der Waals surface area (Å²) in [6.45, 7) is 2.18. The first-order valence-corrected chi connectivity index (χ1v) is 11.3. The Labute approximate surface area is 171 Å². The highest BCUT2D eigenvalue weighted by atomic mass is 16.2. The molecule has 4 bridgehead atoms. The maximum absolute atomic E-state index is 13.4. The number of pyridine rings is 1. The summed E-state index contributed by atoms with van der Waals surface area (Å²) in [6, 6.07) is 5.36. The zero-order chi connectivity index (χ0) is 19.8. The summed E-state index contributed by atoms with van der Waals surface area (Å²) in [5.41, 5.74) is 3.44. The molecule has 3 atom stereocenters. The number of hydrogen-bond donors (Lipinski definition) is 1. The Bertz CT molecular complexity index is 1010. The van der Waals surface area contributed by atoms with Gasteiger partial charge in [-0.25, -0.2) is 4.98 Å². The first kappa shape index (κ1) is 17.5. The van der Waals surface area contributed by atoms with Crippen molar-refractivity contribution in [3.63, 3.8) is 0 Å². The van der Waals surface area contributed by atoms with Crippen LogP contribution in [0.2, 0.25) is 0 Å². The van der Waals surface area contributed by atoms with Crippen LogP contribution in [0.3, 0.4) is 0 Å². The zero-order valence-electron chi connectivity index (χ0n) is 17.0. The van der Waals surface area contributed by atoms with Crippen LogP contribution < -0.4 is 0 Å². The first-order valence-electron chi connectivity index (χ1n) is 11.3. The van der Waals surface area contributed by atoms with Crippen molar-refractivity contribution in [2.75, 3.05) is 0 Å². The minimum atomic E-state index is -0.152. The molecule has 5 nitrogen and oxygen atoms in total. The predicted octanol–water partition coefficient (Wildman–Crippen LogP) is 4.62. The maximum Gasteiger partial charge on any atom is 0.223 e. The number of rotatable bonds is 4. The SMILES string of the molecule is CC(CC(=O)N1C2CC3CC1CC(C#N)(C3)C2)c1c[nH]c2nccc(C3CC3)c12. The second-order valence-corrected chi connectivity index (χ2v) is 10.2. The van der Waals surface area contributed by atoms with Crippen LogP contribution in [0.25, 0.3) is 11.0 Å². The van der Waals surface area contributed by atoms with E-state index in [1.54, 1.807) is 0 Å². The Morgan fingerprint density at radius 3 is 2.79 bits per heavy atom. The standard InChI is InChI=1S/C24H28N4O/c1-14(20-12-27-23-22(20)19(4-5-26-23)16-2-3-16)6-21(29)28-17-7-15-8-18(28)11-24(9-15,10-17)13-25/h4-5,12,14-18H,2-3,6-11H2,1H3,(H,26,27). The van der Waals surface area contributed by atoms with Crippen molar-refractivity contribution in [1.82, 2.24) is 14.9 Å². The quantitative estimate of drug-likeness (QED) is 0.831. The summed E-state index contributed by atoms with van der Waals surface area (Å²) < 4.78 is 0.